The normalized spacial score (nSPS) is 14.3. The minimum atomic E-state index is -3.50. The van der Waals surface area contributed by atoms with Gasteiger partial charge in [-0.15, -0.1) is 0 Å². The van der Waals surface area contributed by atoms with Gasteiger partial charge in [0.25, 0.3) is 5.69 Å². The quantitative estimate of drug-likeness (QED) is 0.404. The first-order valence-corrected chi connectivity index (χ1v) is 10.6. The predicted molar refractivity (Wildman–Crippen MR) is 108 cm³/mol. The van der Waals surface area contributed by atoms with Crippen LogP contribution in [-0.2, 0) is 26.2 Å². The first-order chi connectivity index (χ1) is 14.3. The highest BCUT2D eigenvalue weighted by Gasteiger charge is 2.26. The van der Waals surface area contributed by atoms with Crippen molar-refractivity contribution in [3.8, 4) is 0 Å². The molecule has 2 amide bonds. The molecule has 0 bridgehead atoms. The third-order valence-electron chi connectivity index (χ3n) is 4.62. The maximum atomic E-state index is 12.5. The Bertz CT molecular complexity index is 1050. The van der Waals surface area contributed by atoms with Crippen LogP contribution in [0.3, 0.4) is 0 Å². The molecule has 1 aliphatic heterocycles. The van der Waals surface area contributed by atoms with Gasteiger partial charge >= 0.3 is 11.8 Å². The zero-order chi connectivity index (χ0) is 21.7. The number of sulfonamides is 1. The van der Waals surface area contributed by atoms with Crippen LogP contribution in [0, 0.1) is 10.1 Å². The number of nitrogens with zero attached hydrogens (tertiary/aromatic N) is 2. The molecule has 2 N–H and O–H groups in total. The van der Waals surface area contributed by atoms with E-state index in [0.717, 1.165) is 12.8 Å². The van der Waals surface area contributed by atoms with E-state index in [2.05, 4.69) is 10.6 Å². The van der Waals surface area contributed by atoms with Crippen molar-refractivity contribution in [2.24, 2.45) is 0 Å². The van der Waals surface area contributed by atoms with Crippen LogP contribution in [0.1, 0.15) is 18.4 Å². The number of rotatable bonds is 6. The van der Waals surface area contributed by atoms with E-state index in [9.17, 15) is 28.1 Å². The average molecular weight is 432 g/mol. The Labute approximate surface area is 173 Å². The van der Waals surface area contributed by atoms with Gasteiger partial charge in [-0.1, -0.05) is 12.1 Å². The maximum Gasteiger partial charge on any atom is 0.313 e. The SMILES string of the molecule is O=C(NCc1ccc(S(=O)(=O)N2CCCC2)cc1)C(=O)Nc1ccc([N+](=O)[O-])cc1. The monoisotopic (exact) mass is 432 g/mol. The molecule has 0 saturated carbocycles. The average Bonchev–Trinajstić information content (AvgIpc) is 3.28. The summed E-state index contributed by atoms with van der Waals surface area (Å²) in [7, 11) is -3.50. The molecule has 0 aromatic heterocycles. The number of anilines is 1. The van der Waals surface area contributed by atoms with Crippen LogP contribution in [0.25, 0.3) is 0 Å². The number of amides is 2. The van der Waals surface area contributed by atoms with Gasteiger partial charge in [0.2, 0.25) is 10.0 Å². The highest BCUT2D eigenvalue weighted by atomic mass is 32.2. The van der Waals surface area contributed by atoms with Crippen LogP contribution in [-0.4, -0.2) is 42.6 Å². The molecule has 0 atom stereocenters. The lowest BCUT2D eigenvalue weighted by atomic mass is 10.2. The zero-order valence-electron chi connectivity index (χ0n) is 15.9. The van der Waals surface area contributed by atoms with Crippen LogP contribution in [0.2, 0.25) is 0 Å². The van der Waals surface area contributed by atoms with Gasteiger partial charge in [-0.25, -0.2) is 8.42 Å². The highest BCUT2D eigenvalue weighted by molar-refractivity contribution is 7.89. The Morgan fingerprint density at radius 3 is 2.13 bits per heavy atom. The molecule has 2 aromatic rings. The first-order valence-electron chi connectivity index (χ1n) is 9.20. The van der Waals surface area contributed by atoms with Crippen LogP contribution in [0.15, 0.2) is 53.4 Å². The largest absolute Gasteiger partial charge is 0.344 e. The molecule has 0 spiro atoms. The van der Waals surface area contributed by atoms with E-state index >= 15 is 0 Å². The zero-order valence-corrected chi connectivity index (χ0v) is 16.7. The van der Waals surface area contributed by atoms with E-state index in [4.69, 9.17) is 0 Å². The molecule has 10 nitrogen and oxygen atoms in total. The lowest BCUT2D eigenvalue weighted by Crippen LogP contribution is -2.35. The summed E-state index contributed by atoms with van der Waals surface area (Å²) in [6.07, 6.45) is 1.70. The molecular formula is C19H20N4O6S. The number of nitrogens with one attached hydrogen (secondary N) is 2. The molecule has 1 aliphatic rings. The number of hydrogen-bond donors (Lipinski definition) is 2. The van der Waals surface area contributed by atoms with Crippen molar-refractivity contribution in [3.05, 3.63) is 64.2 Å². The number of nitro benzene ring substituents is 1. The molecule has 158 valence electrons. The van der Waals surface area contributed by atoms with Gasteiger partial charge in [-0.05, 0) is 42.7 Å². The summed E-state index contributed by atoms with van der Waals surface area (Å²) in [5, 5.41) is 15.4. The van der Waals surface area contributed by atoms with Gasteiger partial charge in [0, 0.05) is 37.5 Å². The van der Waals surface area contributed by atoms with Crippen molar-refractivity contribution < 1.29 is 22.9 Å². The van der Waals surface area contributed by atoms with E-state index in [0.29, 0.717) is 18.7 Å². The Hall–Kier alpha value is -3.31. The van der Waals surface area contributed by atoms with Crippen LogP contribution in [0.4, 0.5) is 11.4 Å². The van der Waals surface area contributed by atoms with Crippen molar-refractivity contribution >= 4 is 33.2 Å². The summed E-state index contributed by atoms with van der Waals surface area (Å²) < 4.78 is 26.4. The van der Waals surface area contributed by atoms with Gasteiger partial charge in [-0.3, -0.25) is 19.7 Å². The molecule has 3 rings (SSSR count). The fourth-order valence-corrected chi connectivity index (χ4v) is 4.49. The van der Waals surface area contributed by atoms with Crippen LogP contribution < -0.4 is 10.6 Å². The van der Waals surface area contributed by atoms with E-state index in [-0.39, 0.29) is 22.8 Å². The second-order valence-corrected chi connectivity index (χ2v) is 8.63. The standard InChI is InChI=1S/C19H20N4O6S/c24-18(19(25)21-15-5-7-16(8-6-15)23(26)27)20-13-14-3-9-17(10-4-14)30(28,29)22-11-1-2-12-22/h3-10H,1-2,11-13H2,(H,20,24)(H,21,25). The van der Waals surface area contributed by atoms with Gasteiger partial charge in [0.1, 0.15) is 0 Å². The fraction of sp³-hybridized carbons (Fsp3) is 0.263. The molecule has 11 heteroatoms. The number of hydrogen-bond acceptors (Lipinski definition) is 6. The van der Waals surface area contributed by atoms with Crippen LogP contribution in [0.5, 0.6) is 0 Å². The fourth-order valence-electron chi connectivity index (χ4n) is 2.97. The molecule has 1 heterocycles. The smallest absolute Gasteiger partial charge is 0.313 e. The topological polar surface area (TPSA) is 139 Å². The highest BCUT2D eigenvalue weighted by Crippen LogP contribution is 2.21. The molecule has 2 aromatic carbocycles. The van der Waals surface area contributed by atoms with E-state index in [1.807, 2.05) is 0 Å². The van der Waals surface area contributed by atoms with Crippen molar-refractivity contribution in [1.29, 1.82) is 0 Å². The van der Waals surface area contributed by atoms with Gasteiger partial charge in [0.05, 0.1) is 9.82 Å². The minimum Gasteiger partial charge on any atom is -0.344 e. The number of carbonyl (C=O) groups excluding carboxylic acids is 2. The second kappa shape index (κ2) is 9.01. The number of carbonyl (C=O) groups is 2. The summed E-state index contributed by atoms with van der Waals surface area (Å²) >= 11 is 0. The van der Waals surface area contributed by atoms with Crippen molar-refractivity contribution in [2.75, 3.05) is 18.4 Å². The maximum absolute atomic E-state index is 12.5. The number of nitro groups is 1. The second-order valence-electron chi connectivity index (χ2n) is 6.70. The summed E-state index contributed by atoms with van der Waals surface area (Å²) in [5.41, 5.74) is 0.747. The number of benzene rings is 2. The Kier molecular flexibility index (Phi) is 6.43. The first kappa shape index (κ1) is 21.4. The van der Waals surface area contributed by atoms with Crippen molar-refractivity contribution in [1.82, 2.24) is 9.62 Å². The van der Waals surface area contributed by atoms with Crippen LogP contribution >= 0.6 is 0 Å². The summed E-state index contributed by atoms with van der Waals surface area (Å²) in [4.78, 5) is 34.1. The summed E-state index contributed by atoms with van der Waals surface area (Å²) in [6.45, 7) is 1.07. The third-order valence-corrected chi connectivity index (χ3v) is 6.53. The van der Waals surface area contributed by atoms with Crippen molar-refractivity contribution in [3.63, 3.8) is 0 Å². The van der Waals surface area contributed by atoms with E-state index < -0.39 is 26.8 Å². The predicted octanol–water partition coefficient (Wildman–Crippen LogP) is 1.63. The molecule has 1 fully saturated rings. The minimum absolute atomic E-state index is 0.0383. The van der Waals surface area contributed by atoms with Gasteiger partial charge in [-0.2, -0.15) is 4.31 Å². The van der Waals surface area contributed by atoms with Gasteiger partial charge < -0.3 is 10.6 Å². The Balaban J connectivity index is 1.53. The Morgan fingerprint density at radius 1 is 0.967 bits per heavy atom. The summed E-state index contributed by atoms with van der Waals surface area (Å²) in [6, 6.07) is 11.2. The lowest BCUT2D eigenvalue weighted by Gasteiger charge is -2.15. The lowest BCUT2D eigenvalue weighted by molar-refractivity contribution is -0.384. The molecule has 0 radical (unpaired) electrons. The summed E-state index contributed by atoms with van der Waals surface area (Å²) in [5.74, 6) is -1.81. The molecule has 0 aliphatic carbocycles. The Morgan fingerprint density at radius 2 is 1.57 bits per heavy atom. The third kappa shape index (κ3) is 4.99. The van der Waals surface area contributed by atoms with Crippen molar-refractivity contribution in [2.45, 2.75) is 24.3 Å². The number of non-ortho nitro benzene ring substituents is 1. The van der Waals surface area contributed by atoms with E-state index in [1.54, 1.807) is 12.1 Å². The molecule has 1 saturated heterocycles. The van der Waals surface area contributed by atoms with E-state index in [1.165, 1.54) is 40.7 Å². The molecular weight excluding hydrogens is 412 g/mol. The molecule has 30 heavy (non-hydrogen) atoms. The molecule has 0 unspecified atom stereocenters. The van der Waals surface area contributed by atoms with Gasteiger partial charge in [0.15, 0.2) is 0 Å².